The lowest BCUT2D eigenvalue weighted by Crippen LogP contribution is -2.60. The van der Waals surface area contributed by atoms with E-state index in [9.17, 15) is 0 Å². The van der Waals surface area contributed by atoms with Gasteiger partial charge in [0.1, 0.15) is 0 Å². The summed E-state index contributed by atoms with van der Waals surface area (Å²) in [5.41, 5.74) is 6.97. The van der Waals surface area contributed by atoms with Crippen LogP contribution in [-0.2, 0) is 4.74 Å². The van der Waals surface area contributed by atoms with Crippen LogP contribution in [0.2, 0.25) is 0 Å². The molecule has 3 rings (SSSR count). The molecule has 0 amide bonds. The summed E-state index contributed by atoms with van der Waals surface area (Å²) in [4.78, 5) is 0. The molecule has 1 heterocycles. The molecule has 0 spiro atoms. The van der Waals surface area contributed by atoms with Gasteiger partial charge in [0.05, 0.1) is 13.2 Å². The molecule has 0 radical (unpaired) electrons. The summed E-state index contributed by atoms with van der Waals surface area (Å²) in [5.74, 6) is 0.883. The second kappa shape index (κ2) is 2.48. The van der Waals surface area contributed by atoms with Gasteiger partial charge in [-0.1, -0.05) is 12.8 Å². The number of rotatable bonds is 2. The third kappa shape index (κ3) is 0.962. The summed E-state index contributed by atoms with van der Waals surface area (Å²) in [6.45, 7) is 1.91. The first-order valence-electron chi connectivity index (χ1n) is 5.64. The smallest absolute Gasteiger partial charge is 0.0565 e. The van der Waals surface area contributed by atoms with Gasteiger partial charge in [0.2, 0.25) is 0 Å². The predicted molar refractivity (Wildman–Crippen MR) is 51.4 cm³/mol. The zero-order chi connectivity index (χ0) is 8.94. The Morgan fingerprint density at radius 3 is 2.08 bits per heavy atom. The highest BCUT2D eigenvalue weighted by Gasteiger charge is 2.63. The molecule has 0 atom stereocenters. The fourth-order valence-electron chi connectivity index (χ4n) is 3.36. The Labute approximate surface area is 79.8 Å². The average molecular weight is 181 g/mol. The Balaban J connectivity index is 1.83. The number of hydrogen-bond acceptors (Lipinski definition) is 2. The van der Waals surface area contributed by atoms with Crippen molar-refractivity contribution in [2.24, 2.45) is 17.1 Å². The first-order chi connectivity index (χ1) is 6.27. The van der Waals surface area contributed by atoms with E-state index in [1.54, 1.807) is 0 Å². The molecule has 2 N–H and O–H groups in total. The van der Waals surface area contributed by atoms with Crippen molar-refractivity contribution >= 4 is 0 Å². The summed E-state index contributed by atoms with van der Waals surface area (Å²) in [5, 5.41) is 0. The van der Waals surface area contributed by atoms with Crippen LogP contribution < -0.4 is 5.73 Å². The van der Waals surface area contributed by atoms with Crippen LogP contribution in [0.25, 0.3) is 0 Å². The van der Waals surface area contributed by atoms with E-state index in [4.69, 9.17) is 10.5 Å². The molecule has 2 heteroatoms. The maximum atomic E-state index is 6.39. The van der Waals surface area contributed by atoms with E-state index in [0.717, 1.165) is 19.1 Å². The van der Waals surface area contributed by atoms with Crippen LogP contribution in [0.3, 0.4) is 0 Å². The maximum Gasteiger partial charge on any atom is 0.0565 e. The fourth-order valence-corrected chi connectivity index (χ4v) is 3.36. The highest BCUT2D eigenvalue weighted by atomic mass is 16.5. The molecule has 0 unspecified atom stereocenters. The number of hydrogen-bond donors (Lipinski definition) is 1. The standard InChI is InChI=1S/C11H19NO/c12-11(5-6-11)10(7-13-8-10)9-3-1-2-4-9/h9H,1-8,12H2. The van der Waals surface area contributed by atoms with Crippen LogP contribution in [0.1, 0.15) is 38.5 Å². The van der Waals surface area contributed by atoms with E-state index >= 15 is 0 Å². The predicted octanol–water partition coefficient (Wildman–Crippen LogP) is 1.68. The molecule has 3 aliphatic rings. The summed E-state index contributed by atoms with van der Waals surface area (Å²) < 4.78 is 5.44. The van der Waals surface area contributed by atoms with Crippen LogP contribution in [0, 0.1) is 11.3 Å². The van der Waals surface area contributed by atoms with E-state index < -0.39 is 0 Å². The molecule has 0 bridgehead atoms. The molecule has 13 heavy (non-hydrogen) atoms. The van der Waals surface area contributed by atoms with Crippen LogP contribution in [0.4, 0.5) is 0 Å². The third-order valence-electron chi connectivity index (χ3n) is 4.64. The van der Waals surface area contributed by atoms with Gasteiger partial charge in [-0.2, -0.15) is 0 Å². The topological polar surface area (TPSA) is 35.2 Å². The Morgan fingerprint density at radius 1 is 1.08 bits per heavy atom. The van der Waals surface area contributed by atoms with Crippen LogP contribution in [-0.4, -0.2) is 18.8 Å². The maximum absolute atomic E-state index is 6.39. The molecule has 0 aromatic carbocycles. The Hall–Kier alpha value is -0.0800. The van der Waals surface area contributed by atoms with Gasteiger partial charge in [-0.05, 0) is 31.6 Å². The molecule has 2 nitrogen and oxygen atoms in total. The summed E-state index contributed by atoms with van der Waals surface area (Å²) in [6.07, 6.45) is 8.13. The highest BCUT2D eigenvalue weighted by molar-refractivity contribution is 5.17. The van der Waals surface area contributed by atoms with E-state index in [-0.39, 0.29) is 5.54 Å². The summed E-state index contributed by atoms with van der Waals surface area (Å²) in [7, 11) is 0. The first kappa shape index (κ1) is 8.25. The second-order valence-corrected chi connectivity index (χ2v) is 5.29. The summed E-state index contributed by atoms with van der Waals surface area (Å²) >= 11 is 0. The Morgan fingerprint density at radius 2 is 1.69 bits per heavy atom. The van der Waals surface area contributed by atoms with E-state index in [0.29, 0.717) is 5.41 Å². The number of ether oxygens (including phenoxy) is 1. The van der Waals surface area contributed by atoms with E-state index in [2.05, 4.69) is 0 Å². The normalized spacial score (nSPS) is 35.8. The monoisotopic (exact) mass is 181 g/mol. The lowest BCUT2D eigenvalue weighted by atomic mass is 9.66. The van der Waals surface area contributed by atoms with Gasteiger partial charge >= 0.3 is 0 Å². The van der Waals surface area contributed by atoms with Crippen molar-refractivity contribution in [3.63, 3.8) is 0 Å². The van der Waals surface area contributed by atoms with E-state index in [1.165, 1.54) is 38.5 Å². The molecular formula is C11H19NO. The average Bonchev–Trinajstić information content (AvgIpc) is 2.61. The lowest BCUT2D eigenvalue weighted by molar-refractivity contribution is -0.164. The van der Waals surface area contributed by atoms with Crippen molar-refractivity contribution in [1.29, 1.82) is 0 Å². The van der Waals surface area contributed by atoms with Gasteiger partial charge in [-0.3, -0.25) is 0 Å². The van der Waals surface area contributed by atoms with E-state index in [1.807, 2.05) is 0 Å². The van der Waals surface area contributed by atoms with Crippen molar-refractivity contribution in [2.75, 3.05) is 13.2 Å². The van der Waals surface area contributed by atoms with Gasteiger partial charge in [0, 0.05) is 11.0 Å². The summed E-state index contributed by atoms with van der Waals surface area (Å²) in [6, 6.07) is 0. The van der Waals surface area contributed by atoms with Crippen LogP contribution in [0.15, 0.2) is 0 Å². The quantitative estimate of drug-likeness (QED) is 0.703. The van der Waals surface area contributed by atoms with Gasteiger partial charge in [-0.25, -0.2) is 0 Å². The Bertz CT molecular complexity index is 212. The molecular weight excluding hydrogens is 162 g/mol. The molecule has 0 aromatic heterocycles. The number of nitrogens with two attached hydrogens (primary N) is 1. The molecule has 2 saturated carbocycles. The lowest BCUT2D eigenvalue weighted by Gasteiger charge is -2.50. The van der Waals surface area contributed by atoms with Crippen LogP contribution >= 0.6 is 0 Å². The zero-order valence-corrected chi connectivity index (χ0v) is 8.22. The second-order valence-electron chi connectivity index (χ2n) is 5.29. The highest BCUT2D eigenvalue weighted by Crippen LogP contribution is 2.59. The first-order valence-corrected chi connectivity index (χ1v) is 5.64. The van der Waals surface area contributed by atoms with Crippen molar-refractivity contribution in [2.45, 2.75) is 44.1 Å². The van der Waals surface area contributed by atoms with Crippen molar-refractivity contribution < 1.29 is 4.74 Å². The largest absolute Gasteiger partial charge is 0.380 e. The fraction of sp³-hybridized carbons (Fsp3) is 1.00. The molecule has 1 aliphatic heterocycles. The Kier molecular flexibility index (Phi) is 1.58. The minimum Gasteiger partial charge on any atom is -0.380 e. The molecule has 74 valence electrons. The van der Waals surface area contributed by atoms with Crippen molar-refractivity contribution in [1.82, 2.24) is 0 Å². The van der Waals surface area contributed by atoms with Crippen molar-refractivity contribution in [3.8, 4) is 0 Å². The SMILES string of the molecule is NC1(C2(C3CCCC3)COC2)CC1. The minimum atomic E-state index is 0.181. The van der Waals surface area contributed by atoms with Gasteiger partial charge in [-0.15, -0.1) is 0 Å². The minimum absolute atomic E-state index is 0.181. The zero-order valence-electron chi connectivity index (χ0n) is 8.22. The van der Waals surface area contributed by atoms with Gasteiger partial charge in [0.25, 0.3) is 0 Å². The molecule has 1 saturated heterocycles. The van der Waals surface area contributed by atoms with Gasteiger partial charge < -0.3 is 10.5 Å². The molecule has 0 aromatic rings. The molecule has 2 aliphatic carbocycles. The third-order valence-corrected chi connectivity index (χ3v) is 4.64. The molecule has 3 fully saturated rings. The van der Waals surface area contributed by atoms with Crippen LogP contribution in [0.5, 0.6) is 0 Å². The van der Waals surface area contributed by atoms with Gasteiger partial charge in [0.15, 0.2) is 0 Å². The van der Waals surface area contributed by atoms with Crippen molar-refractivity contribution in [3.05, 3.63) is 0 Å².